The summed E-state index contributed by atoms with van der Waals surface area (Å²) >= 11 is 0. The van der Waals surface area contributed by atoms with E-state index in [-0.39, 0.29) is 24.3 Å². The predicted octanol–water partition coefficient (Wildman–Crippen LogP) is 4.75. The minimum Gasteiger partial charge on any atom is -0.464 e. The molecular weight excluding hydrogens is 458 g/mol. The second-order valence-electron chi connectivity index (χ2n) is 9.41. The van der Waals surface area contributed by atoms with Crippen molar-refractivity contribution < 1.29 is 23.2 Å². The molecule has 1 aliphatic carbocycles. The van der Waals surface area contributed by atoms with Gasteiger partial charge in [-0.1, -0.05) is 37.0 Å². The summed E-state index contributed by atoms with van der Waals surface area (Å²) < 4.78 is 11.0. The highest BCUT2D eigenvalue weighted by molar-refractivity contribution is 6.04. The van der Waals surface area contributed by atoms with E-state index in [9.17, 15) is 14.4 Å². The van der Waals surface area contributed by atoms with Gasteiger partial charge in [0.15, 0.2) is 11.8 Å². The number of carbonyl (C=O) groups excluding carboxylic acids is 3. The first kappa shape index (κ1) is 25.3. The van der Waals surface area contributed by atoms with Crippen LogP contribution in [-0.4, -0.2) is 30.3 Å². The van der Waals surface area contributed by atoms with Crippen LogP contribution in [0.4, 0.5) is 5.69 Å². The number of hydrogen-bond acceptors (Lipinski definition) is 5. The van der Waals surface area contributed by atoms with Crippen LogP contribution in [0.3, 0.4) is 0 Å². The summed E-state index contributed by atoms with van der Waals surface area (Å²) in [6.07, 6.45) is 6.50. The van der Waals surface area contributed by atoms with Crippen molar-refractivity contribution in [2.24, 2.45) is 0 Å². The van der Waals surface area contributed by atoms with Crippen molar-refractivity contribution >= 4 is 23.4 Å². The van der Waals surface area contributed by atoms with Crippen LogP contribution in [0.2, 0.25) is 0 Å². The Balaban J connectivity index is 1.69. The largest absolute Gasteiger partial charge is 0.464 e. The molecule has 3 amide bonds. The van der Waals surface area contributed by atoms with E-state index in [2.05, 4.69) is 10.6 Å². The molecule has 36 heavy (non-hydrogen) atoms. The average Bonchev–Trinajstić information content (AvgIpc) is 3.54. The van der Waals surface area contributed by atoms with E-state index >= 15 is 0 Å². The summed E-state index contributed by atoms with van der Waals surface area (Å²) in [6.45, 7) is 5.34. The molecule has 2 heterocycles. The number of hydrogen-bond donors (Lipinski definition) is 2. The molecule has 0 spiro atoms. The molecule has 0 bridgehead atoms. The Hall–Kier alpha value is -3.81. The van der Waals surface area contributed by atoms with E-state index in [1.165, 1.54) is 17.2 Å². The Morgan fingerprint density at radius 3 is 2.44 bits per heavy atom. The quantitative estimate of drug-likeness (QED) is 0.473. The molecule has 0 aliphatic heterocycles. The number of rotatable bonds is 8. The third kappa shape index (κ3) is 5.87. The Kier molecular flexibility index (Phi) is 7.93. The maximum atomic E-state index is 13.8. The van der Waals surface area contributed by atoms with Gasteiger partial charge in [-0.3, -0.25) is 19.3 Å². The topological polar surface area (TPSA) is 105 Å². The Morgan fingerprint density at radius 2 is 1.81 bits per heavy atom. The zero-order chi connectivity index (χ0) is 25.7. The first-order valence-corrected chi connectivity index (χ1v) is 12.4. The van der Waals surface area contributed by atoms with Crippen molar-refractivity contribution in [1.82, 2.24) is 10.6 Å². The van der Waals surface area contributed by atoms with Crippen molar-refractivity contribution in [3.05, 3.63) is 77.1 Å². The van der Waals surface area contributed by atoms with Gasteiger partial charge in [-0.05, 0) is 69.5 Å². The molecule has 8 heteroatoms. The SMILES string of the molecule is Cc1ccc(N(C(=O)CNC(=O)c2ccco2)[C@@H](C(=O)NC2CCCCC2)c2ccc(C)o2)c(C)c1. The van der Waals surface area contributed by atoms with E-state index in [0.29, 0.717) is 17.2 Å². The Bertz CT molecular complexity index is 1210. The van der Waals surface area contributed by atoms with Crippen LogP contribution < -0.4 is 15.5 Å². The smallest absolute Gasteiger partial charge is 0.287 e. The second kappa shape index (κ2) is 11.3. The molecule has 4 rings (SSSR count). The number of benzene rings is 1. The van der Waals surface area contributed by atoms with Gasteiger partial charge in [0.1, 0.15) is 11.5 Å². The highest BCUT2D eigenvalue weighted by Gasteiger charge is 2.37. The molecule has 1 fully saturated rings. The lowest BCUT2D eigenvalue weighted by molar-refractivity contribution is -0.127. The number of aryl methyl sites for hydroxylation is 3. The molecule has 1 aliphatic rings. The normalized spacial score (nSPS) is 14.8. The second-order valence-corrected chi connectivity index (χ2v) is 9.41. The van der Waals surface area contributed by atoms with Gasteiger partial charge in [0.2, 0.25) is 5.91 Å². The molecule has 2 aromatic heterocycles. The molecule has 1 saturated carbocycles. The summed E-state index contributed by atoms with van der Waals surface area (Å²) in [7, 11) is 0. The van der Waals surface area contributed by atoms with E-state index in [4.69, 9.17) is 8.83 Å². The van der Waals surface area contributed by atoms with Crippen LogP contribution in [-0.2, 0) is 9.59 Å². The van der Waals surface area contributed by atoms with Gasteiger partial charge in [0.05, 0.1) is 12.8 Å². The lowest BCUT2D eigenvalue weighted by Crippen LogP contribution is -2.49. The van der Waals surface area contributed by atoms with Gasteiger partial charge >= 0.3 is 0 Å². The van der Waals surface area contributed by atoms with Crippen molar-refractivity contribution in [1.29, 1.82) is 0 Å². The van der Waals surface area contributed by atoms with Crippen LogP contribution in [0.1, 0.15) is 71.3 Å². The molecule has 0 saturated heterocycles. The van der Waals surface area contributed by atoms with Gasteiger partial charge in [0, 0.05) is 11.7 Å². The number of nitrogens with one attached hydrogen (secondary N) is 2. The van der Waals surface area contributed by atoms with Crippen LogP contribution in [0.5, 0.6) is 0 Å². The summed E-state index contributed by atoms with van der Waals surface area (Å²) in [6, 6.07) is 11.3. The first-order valence-electron chi connectivity index (χ1n) is 12.4. The zero-order valence-corrected chi connectivity index (χ0v) is 21.0. The lowest BCUT2D eigenvalue weighted by Gasteiger charge is -2.33. The Morgan fingerprint density at radius 1 is 1.03 bits per heavy atom. The van der Waals surface area contributed by atoms with E-state index < -0.39 is 17.9 Å². The van der Waals surface area contributed by atoms with E-state index in [0.717, 1.165) is 43.2 Å². The molecule has 1 aromatic carbocycles. The molecule has 190 valence electrons. The molecule has 0 radical (unpaired) electrons. The molecular formula is C28H33N3O5. The highest BCUT2D eigenvalue weighted by atomic mass is 16.3. The van der Waals surface area contributed by atoms with Gasteiger partial charge in [-0.25, -0.2) is 0 Å². The maximum Gasteiger partial charge on any atom is 0.287 e. The molecule has 2 N–H and O–H groups in total. The third-order valence-electron chi connectivity index (χ3n) is 6.51. The van der Waals surface area contributed by atoms with E-state index in [1.54, 1.807) is 25.1 Å². The van der Waals surface area contributed by atoms with Gasteiger partial charge < -0.3 is 19.5 Å². The number of amides is 3. The van der Waals surface area contributed by atoms with Crippen molar-refractivity contribution in [3.63, 3.8) is 0 Å². The van der Waals surface area contributed by atoms with Crippen LogP contribution in [0.15, 0.2) is 57.6 Å². The number of nitrogens with zero attached hydrogens (tertiary/aromatic N) is 1. The lowest BCUT2D eigenvalue weighted by atomic mass is 9.95. The van der Waals surface area contributed by atoms with Crippen molar-refractivity contribution in [2.45, 2.75) is 65.0 Å². The predicted molar refractivity (Wildman–Crippen MR) is 136 cm³/mol. The number of carbonyl (C=O) groups is 3. The number of anilines is 1. The maximum absolute atomic E-state index is 13.8. The minimum absolute atomic E-state index is 0.0551. The fourth-order valence-electron chi connectivity index (χ4n) is 4.73. The minimum atomic E-state index is -1.03. The first-order chi connectivity index (χ1) is 17.3. The molecule has 0 unspecified atom stereocenters. The fraction of sp³-hybridized carbons (Fsp3) is 0.393. The summed E-state index contributed by atoms with van der Waals surface area (Å²) in [5.74, 6) is -0.146. The summed E-state index contributed by atoms with van der Waals surface area (Å²) in [4.78, 5) is 41.4. The van der Waals surface area contributed by atoms with Gasteiger partial charge in [0.25, 0.3) is 11.8 Å². The molecule has 3 aromatic rings. The highest BCUT2D eigenvalue weighted by Crippen LogP contribution is 2.32. The zero-order valence-electron chi connectivity index (χ0n) is 21.0. The van der Waals surface area contributed by atoms with Crippen molar-refractivity contribution in [3.8, 4) is 0 Å². The van der Waals surface area contributed by atoms with Crippen LogP contribution >= 0.6 is 0 Å². The fourth-order valence-corrected chi connectivity index (χ4v) is 4.73. The monoisotopic (exact) mass is 491 g/mol. The molecule has 8 nitrogen and oxygen atoms in total. The molecule has 1 atom stereocenters. The summed E-state index contributed by atoms with van der Waals surface area (Å²) in [5.41, 5.74) is 2.45. The summed E-state index contributed by atoms with van der Waals surface area (Å²) in [5, 5.41) is 5.77. The van der Waals surface area contributed by atoms with Crippen LogP contribution in [0.25, 0.3) is 0 Å². The number of furan rings is 2. The average molecular weight is 492 g/mol. The van der Waals surface area contributed by atoms with E-state index in [1.807, 2.05) is 32.0 Å². The Labute approximate surface area is 211 Å². The van der Waals surface area contributed by atoms with Crippen molar-refractivity contribution in [2.75, 3.05) is 11.4 Å². The van der Waals surface area contributed by atoms with Gasteiger partial charge in [-0.2, -0.15) is 0 Å². The standard InChI is InChI=1S/C28H33N3O5/c1-18-11-13-22(19(2)16-18)31(25(32)17-29-27(33)24-10-7-15-35-24)26(23-14-12-20(3)36-23)28(34)30-21-8-5-4-6-9-21/h7,10-16,21,26H,4-6,8-9,17H2,1-3H3,(H,29,33)(H,30,34)/t26-/m1/s1. The third-order valence-corrected chi connectivity index (χ3v) is 6.51. The van der Waals surface area contributed by atoms with Gasteiger partial charge in [-0.15, -0.1) is 0 Å². The van der Waals surface area contributed by atoms with Crippen LogP contribution in [0, 0.1) is 20.8 Å².